The van der Waals surface area contributed by atoms with Crippen LogP contribution in [-0.2, 0) is 11.8 Å². The highest BCUT2D eigenvalue weighted by Gasteiger charge is 2.11. The van der Waals surface area contributed by atoms with E-state index in [4.69, 9.17) is 5.11 Å². The standard InChI is InChI=1S/C8H13N3O3S/c1-5(3-4-6(12)13)15-8-10-9-7(14)11(8)2/h5H,3-4H2,1-2H3,(H,9,14)(H,12,13). The molecule has 1 atom stereocenters. The number of carboxylic acid groups (broad SMARTS) is 1. The molecule has 0 aliphatic rings. The SMILES string of the molecule is CC(CCC(=O)O)Sc1n[nH]c(=O)n1C. The normalized spacial score (nSPS) is 12.7. The molecule has 0 saturated carbocycles. The molecular weight excluding hydrogens is 218 g/mol. The molecule has 1 heterocycles. The van der Waals surface area contributed by atoms with Gasteiger partial charge in [-0.2, -0.15) is 0 Å². The molecule has 0 radical (unpaired) electrons. The number of carboxylic acids is 1. The predicted molar refractivity (Wildman–Crippen MR) is 56.0 cm³/mol. The third-order valence-corrected chi connectivity index (χ3v) is 3.12. The Labute approximate surface area is 90.7 Å². The van der Waals surface area contributed by atoms with Crippen LogP contribution in [0.5, 0.6) is 0 Å². The van der Waals surface area contributed by atoms with Crippen molar-refractivity contribution in [2.24, 2.45) is 7.05 Å². The van der Waals surface area contributed by atoms with E-state index in [-0.39, 0.29) is 17.4 Å². The zero-order valence-corrected chi connectivity index (χ0v) is 9.37. The molecule has 1 unspecified atom stereocenters. The maximum Gasteiger partial charge on any atom is 0.343 e. The highest BCUT2D eigenvalue weighted by molar-refractivity contribution is 7.99. The van der Waals surface area contributed by atoms with Crippen LogP contribution in [0.4, 0.5) is 0 Å². The van der Waals surface area contributed by atoms with E-state index in [0.717, 1.165) is 0 Å². The Morgan fingerprint density at radius 3 is 2.87 bits per heavy atom. The first-order valence-electron chi connectivity index (χ1n) is 4.50. The van der Waals surface area contributed by atoms with Crippen LogP contribution in [0, 0.1) is 0 Å². The fourth-order valence-corrected chi connectivity index (χ4v) is 1.94. The van der Waals surface area contributed by atoms with E-state index in [1.54, 1.807) is 7.05 Å². The Balaban J connectivity index is 2.51. The molecule has 0 aromatic carbocycles. The van der Waals surface area contributed by atoms with Crippen molar-refractivity contribution in [1.29, 1.82) is 0 Å². The fraction of sp³-hybridized carbons (Fsp3) is 0.625. The molecule has 1 aromatic rings. The molecule has 6 nitrogen and oxygen atoms in total. The van der Waals surface area contributed by atoms with E-state index < -0.39 is 5.97 Å². The number of rotatable bonds is 5. The Morgan fingerprint density at radius 1 is 1.73 bits per heavy atom. The number of thioether (sulfide) groups is 1. The highest BCUT2D eigenvalue weighted by Crippen LogP contribution is 2.22. The molecule has 0 amide bonds. The molecular formula is C8H13N3O3S. The van der Waals surface area contributed by atoms with Gasteiger partial charge in [0.1, 0.15) is 0 Å². The quantitative estimate of drug-likeness (QED) is 0.718. The van der Waals surface area contributed by atoms with E-state index >= 15 is 0 Å². The van der Waals surface area contributed by atoms with Gasteiger partial charge in [-0.1, -0.05) is 18.7 Å². The number of nitrogens with one attached hydrogen (secondary N) is 1. The average molecular weight is 231 g/mol. The lowest BCUT2D eigenvalue weighted by Crippen LogP contribution is -2.13. The van der Waals surface area contributed by atoms with E-state index in [2.05, 4.69) is 10.2 Å². The molecule has 0 spiro atoms. The van der Waals surface area contributed by atoms with Gasteiger partial charge in [0.25, 0.3) is 0 Å². The monoisotopic (exact) mass is 231 g/mol. The molecule has 0 aliphatic carbocycles. The molecule has 1 aromatic heterocycles. The van der Waals surface area contributed by atoms with Crippen LogP contribution in [0.1, 0.15) is 19.8 Å². The van der Waals surface area contributed by atoms with Gasteiger partial charge in [0, 0.05) is 18.7 Å². The molecule has 15 heavy (non-hydrogen) atoms. The third-order valence-electron chi connectivity index (χ3n) is 1.91. The minimum absolute atomic E-state index is 0.120. The lowest BCUT2D eigenvalue weighted by Gasteiger charge is -2.07. The van der Waals surface area contributed by atoms with Crippen LogP contribution in [-0.4, -0.2) is 31.1 Å². The van der Waals surface area contributed by atoms with Crippen LogP contribution >= 0.6 is 11.8 Å². The van der Waals surface area contributed by atoms with Crippen LogP contribution < -0.4 is 5.69 Å². The second kappa shape index (κ2) is 5.01. The van der Waals surface area contributed by atoms with Gasteiger partial charge in [-0.3, -0.25) is 9.36 Å². The predicted octanol–water partition coefficient (Wildman–Crippen LogP) is 0.454. The summed E-state index contributed by atoms with van der Waals surface area (Å²) in [6.07, 6.45) is 0.688. The molecule has 0 bridgehead atoms. The van der Waals surface area contributed by atoms with Gasteiger partial charge in [0.15, 0.2) is 5.16 Å². The summed E-state index contributed by atoms with van der Waals surface area (Å²) in [5.74, 6) is -0.807. The van der Waals surface area contributed by atoms with Crippen molar-refractivity contribution in [2.45, 2.75) is 30.2 Å². The van der Waals surface area contributed by atoms with Crippen LogP contribution in [0.25, 0.3) is 0 Å². The van der Waals surface area contributed by atoms with Crippen molar-refractivity contribution in [3.05, 3.63) is 10.5 Å². The maximum atomic E-state index is 11.0. The summed E-state index contributed by atoms with van der Waals surface area (Å²) in [7, 11) is 1.62. The minimum Gasteiger partial charge on any atom is -0.481 e. The van der Waals surface area contributed by atoms with Crippen molar-refractivity contribution in [2.75, 3.05) is 0 Å². The summed E-state index contributed by atoms with van der Waals surface area (Å²) in [4.78, 5) is 21.4. The number of hydrogen-bond acceptors (Lipinski definition) is 4. The Kier molecular flexibility index (Phi) is 3.96. The summed E-state index contributed by atoms with van der Waals surface area (Å²) in [6.45, 7) is 1.91. The number of aromatic nitrogens is 3. The number of H-pyrrole nitrogens is 1. The first-order valence-corrected chi connectivity index (χ1v) is 5.38. The van der Waals surface area contributed by atoms with Gasteiger partial charge in [-0.05, 0) is 6.42 Å². The van der Waals surface area contributed by atoms with Gasteiger partial charge in [0.2, 0.25) is 0 Å². The van der Waals surface area contributed by atoms with Crippen LogP contribution in [0.15, 0.2) is 9.95 Å². The third kappa shape index (κ3) is 3.43. The fourth-order valence-electron chi connectivity index (χ4n) is 1.00. The van der Waals surface area contributed by atoms with Crippen LogP contribution in [0.3, 0.4) is 0 Å². The van der Waals surface area contributed by atoms with Crippen LogP contribution in [0.2, 0.25) is 0 Å². The zero-order chi connectivity index (χ0) is 11.4. The van der Waals surface area contributed by atoms with Gasteiger partial charge in [-0.25, -0.2) is 9.89 Å². The van der Waals surface area contributed by atoms with Gasteiger partial charge in [0.05, 0.1) is 0 Å². The van der Waals surface area contributed by atoms with E-state index in [9.17, 15) is 9.59 Å². The Bertz CT molecular complexity index is 398. The van der Waals surface area contributed by atoms with Crippen molar-refractivity contribution in [3.63, 3.8) is 0 Å². The van der Waals surface area contributed by atoms with Gasteiger partial charge >= 0.3 is 11.7 Å². The maximum absolute atomic E-state index is 11.0. The largest absolute Gasteiger partial charge is 0.481 e. The van der Waals surface area contributed by atoms with Crippen molar-refractivity contribution < 1.29 is 9.90 Å². The number of aliphatic carboxylic acids is 1. The Morgan fingerprint density at radius 2 is 2.40 bits per heavy atom. The second-order valence-electron chi connectivity index (χ2n) is 3.23. The van der Waals surface area contributed by atoms with E-state index in [1.807, 2.05) is 6.92 Å². The molecule has 84 valence electrons. The number of aromatic amines is 1. The second-order valence-corrected chi connectivity index (χ2v) is 4.64. The highest BCUT2D eigenvalue weighted by atomic mass is 32.2. The summed E-state index contributed by atoms with van der Waals surface area (Å²) in [5, 5.41) is 15.4. The van der Waals surface area contributed by atoms with E-state index in [1.165, 1.54) is 16.3 Å². The number of nitrogens with zero attached hydrogens (tertiary/aromatic N) is 2. The smallest absolute Gasteiger partial charge is 0.343 e. The van der Waals surface area contributed by atoms with Gasteiger partial charge < -0.3 is 5.11 Å². The Hall–Kier alpha value is -1.24. The summed E-state index contributed by atoms with van der Waals surface area (Å²) in [5.41, 5.74) is -0.261. The molecule has 0 fully saturated rings. The average Bonchev–Trinajstić information content (AvgIpc) is 2.47. The molecule has 2 N–H and O–H groups in total. The van der Waals surface area contributed by atoms with Crippen molar-refractivity contribution in [3.8, 4) is 0 Å². The molecule has 1 rings (SSSR count). The van der Waals surface area contributed by atoms with Gasteiger partial charge in [-0.15, -0.1) is 5.10 Å². The molecule has 0 aliphatic heterocycles. The molecule has 0 saturated heterocycles. The topological polar surface area (TPSA) is 88.0 Å². The number of hydrogen-bond donors (Lipinski definition) is 2. The lowest BCUT2D eigenvalue weighted by atomic mass is 10.2. The first kappa shape index (κ1) is 11.8. The summed E-state index contributed by atoms with van der Waals surface area (Å²) >= 11 is 1.39. The summed E-state index contributed by atoms with van der Waals surface area (Å²) in [6, 6.07) is 0. The van der Waals surface area contributed by atoms with Crippen molar-refractivity contribution >= 4 is 17.7 Å². The minimum atomic E-state index is -0.807. The first-order chi connectivity index (χ1) is 7.00. The summed E-state index contributed by atoms with van der Waals surface area (Å²) < 4.78 is 1.40. The zero-order valence-electron chi connectivity index (χ0n) is 8.56. The lowest BCUT2D eigenvalue weighted by molar-refractivity contribution is -0.137. The van der Waals surface area contributed by atoms with E-state index in [0.29, 0.717) is 11.6 Å². The molecule has 7 heteroatoms. The van der Waals surface area contributed by atoms with Crippen molar-refractivity contribution in [1.82, 2.24) is 14.8 Å². The number of carbonyl (C=O) groups is 1.